The summed E-state index contributed by atoms with van der Waals surface area (Å²) >= 11 is 1.63. The summed E-state index contributed by atoms with van der Waals surface area (Å²) in [5, 5.41) is 0. The van der Waals surface area contributed by atoms with Gasteiger partial charge in [0.05, 0.1) is 0 Å². The van der Waals surface area contributed by atoms with Crippen LogP contribution in [0.25, 0.3) is 0 Å². The van der Waals surface area contributed by atoms with Crippen molar-refractivity contribution in [1.29, 1.82) is 0 Å². The number of thioether (sulfide) groups is 1. The Morgan fingerprint density at radius 3 is 2.62 bits per heavy atom. The van der Waals surface area contributed by atoms with Crippen molar-refractivity contribution >= 4 is 17.7 Å². The fraction of sp³-hybridized carbons (Fsp3) is 0.417. The Morgan fingerprint density at radius 1 is 1.44 bits per heavy atom. The maximum absolute atomic E-state index is 11.0. The standard InChI is InChI=1S/C12H18N2OS/c1-9-5-3-4-6-10(9)7-16-8-12(2,14)11(13)15/h3-6H,7-8,14H2,1-2H3,(H2,13,15). The van der Waals surface area contributed by atoms with Crippen molar-refractivity contribution in [2.75, 3.05) is 5.75 Å². The summed E-state index contributed by atoms with van der Waals surface area (Å²) in [6.45, 7) is 3.74. The summed E-state index contributed by atoms with van der Waals surface area (Å²) in [5.74, 6) is 0.938. The molecule has 0 spiro atoms. The van der Waals surface area contributed by atoms with Gasteiger partial charge in [-0.25, -0.2) is 0 Å². The maximum atomic E-state index is 11.0. The Balaban J connectivity index is 2.48. The van der Waals surface area contributed by atoms with E-state index in [1.807, 2.05) is 12.1 Å². The van der Waals surface area contributed by atoms with Crippen LogP contribution in [0.2, 0.25) is 0 Å². The number of aryl methyl sites for hydroxylation is 1. The molecule has 4 heteroatoms. The number of amides is 1. The van der Waals surface area contributed by atoms with E-state index in [4.69, 9.17) is 11.5 Å². The normalized spacial score (nSPS) is 14.4. The quantitative estimate of drug-likeness (QED) is 0.815. The molecule has 1 atom stereocenters. The zero-order valence-electron chi connectivity index (χ0n) is 9.69. The van der Waals surface area contributed by atoms with Crippen molar-refractivity contribution in [1.82, 2.24) is 0 Å². The molecule has 0 fully saturated rings. The highest BCUT2D eigenvalue weighted by molar-refractivity contribution is 7.98. The first-order valence-electron chi connectivity index (χ1n) is 5.14. The molecule has 0 aromatic heterocycles. The Bertz CT molecular complexity index is 377. The van der Waals surface area contributed by atoms with Gasteiger partial charge in [0.15, 0.2) is 0 Å². The SMILES string of the molecule is Cc1ccccc1CSCC(C)(N)C(N)=O. The lowest BCUT2D eigenvalue weighted by atomic mass is 10.1. The minimum atomic E-state index is -0.923. The van der Waals surface area contributed by atoms with E-state index < -0.39 is 11.4 Å². The van der Waals surface area contributed by atoms with Crippen LogP contribution in [0.3, 0.4) is 0 Å². The van der Waals surface area contributed by atoms with Crippen LogP contribution in [0, 0.1) is 6.92 Å². The second-order valence-corrected chi connectivity index (χ2v) is 5.19. The molecule has 0 heterocycles. The van der Waals surface area contributed by atoms with Crippen LogP contribution in [0.1, 0.15) is 18.1 Å². The summed E-state index contributed by atoms with van der Waals surface area (Å²) in [6, 6.07) is 8.19. The highest BCUT2D eigenvalue weighted by Crippen LogP contribution is 2.18. The van der Waals surface area contributed by atoms with Crippen LogP contribution in [-0.2, 0) is 10.5 Å². The van der Waals surface area contributed by atoms with Gasteiger partial charge < -0.3 is 11.5 Å². The minimum absolute atomic E-state index is 0.454. The fourth-order valence-electron chi connectivity index (χ4n) is 1.22. The van der Waals surface area contributed by atoms with Crippen molar-refractivity contribution < 1.29 is 4.79 Å². The monoisotopic (exact) mass is 238 g/mol. The van der Waals surface area contributed by atoms with E-state index in [9.17, 15) is 4.79 Å². The number of carbonyl (C=O) groups is 1. The van der Waals surface area contributed by atoms with Gasteiger partial charge in [0.2, 0.25) is 5.91 Å². The van der Waals surface area contributed by atoms with Crippen LogP contribution >= 0.6 is 11.8 Å². The van der Waals surface area contributed by atoms with E-state index in [0.717, 1.165) is 5.75 Å². The fourth-order valence-corrected chi connectivity index (χ4v) is 2.43. The van der Waals surface area contributed by atoms with Crippen LogP contribution in [0.5, 0.6) is 0 Å². The first kappa shape index (κ1) is 13.1. The minimum Gasteiger partial charge on any atom is -0.368 e. The lowest BCUT2D eigenvalue weighted by Gasteiger charge is -2.19. The molecule has 0 radical (unpaired) electrons. The molecule has 88 valence electrons. The van der Waals surface area contributed by atoms with Crippen LogP contribution in [0.4, 0.5) is 0 Å². The van der Waals surface area contributed by atoms with Crippen molar-refractivity contribution in [3.05, 3.63) is 35.4 Å². The van der Waals surface area contributed by atoms with Gasteiger partial charge >= 0.3 is 0 Å². The van der Waals surface area contributed by atoms with Gasteiger partial charge in [-0.05, 0) is 25.0 Å². The highest BCUT2D eigenvalue weighted by atomic mass is 32.2. The lowest BCUT2D eigenvalue weighted by molar-refractivity contribution is -0.121. The first-order chi connectivity index (χ1) is 7.43. The molecule has 1 aromatic carbocycles. The third-order valence-corrected chi connectivity index (χ3v) is 3.80. The molecular formula is C12H18N2OS. The van der Waals surface area contributed by atoms with E-state index in [0.29, 0.717) is 5.75 Å². The lowest BCUT2D eigenvalue weighted by Crippen LogP contribution is -2.51. The summed E-state index contributed by atoms with van der Waals surface area (Å²) in [4.78, 5) is 11.0. The van der Waals surface area contributed by atoms with Gasteiger partial charge in [-0.3, -0.25) is 4.79 Å². The molecular weight excluding hydrogens is 220 g/mol. The average Bonchev–Trinajstić information content (AvgIpc) is 2.20. The van der Waals surface area contributed by atoms with Gasteiger partial charge in [0.1, 0.15) is 5.54 Å². The van der Waals surface area contributed by atoms with E-state index >= 15 is 0 Å². The van der Waals surface area contributed by atoms with E-state index in [-0.39, 0.29) is 0 Å². The molecule has 4 N–H and O–H groups in total. The molecule has 1 rings (SSSR count). The predicted molar refractivity (Wildman–Crippen MR) is 69.1 cm³/mol. The maximum Gasteiger partial charge on any atom is 0.238 e. The first-order valence-corrected chi connectivity index (χ1v) is 6.30. The molecule has 0 aliphatic heterocycles. The molecule has 1 aromatic rings. The zero-order chi connectivity index (χ0) is 12.2. The van der Waals surface area contributed by atoms with Gasteiger partial charge in [-0.2, -0.15) is 11.8 Å². The van der Waals surface area contributed by atoms with Gasteiger partial charge in [-0.15, -0.1) is 0 Å². The number of carbonyl (C=O) groups excluding carboxylic acids is 1. The summed E-state index contributed by atoms with van der Waals surface area (Å²) < 4.78 is 0. The molecule has 0 saturated carbocycles. The molecule has 1 unspecified atom stereocenters. The molecule has 0 aliphatic carbocycles. The summed E-state index contributed by atoms with van der Waals surface area (Å²) in [7, 11) is 0. The van der Waals surface area contributed by atoms with Crippen LogP contribution < -0.4 is 11.5 Å². The summed E-state index contributed by atoms with van der Waals surface area (Å²) in [5.41, 5.74) is 12.6. The van der Waals surface area contributed by atoms with Crippen LogP contribution in [-0.4, -0.2) is 17.2 Å². The third-order valence-electron chi connectivity index (χ3n) is 2.48. The van der Waals surface area contributed by atoms with Gasteiger partial charge in [-0.1, -0.05) is 24.3 Å². The summed E-state index contributed by atoms with van der Waals surface area (Å²) in [6.07, 6.45) is 0. The molecule has 3 nitrogen and oxygen atoms in total. The van der Waals surface area contributed by atoms with E-state index in [2.05, 4.69) is 19.1 Å². The van der Waals surface area contributed by atoms with E-state index in [1.165, 1.54) is 11.1 Å². The van der Waals surface area contributed by atoms with Gasteiger partial charge in [0.25, 0.3) is 0 Å². The number of primary amides is 1. The Morgan fingerprint density at radius 2 is 2.06 bits per heavy atom. The molecule has 0 aliphatic rings. The smallest absolute Gasteiger partial charge is 0.238 e. The molecule has 0 saturated heterocycles. The Labute approximate surface area is 101 Å². The topological polar surface area (TPSA) is 69.1 Å². The predicted octanol–water partition coefficient (Wildman–Crippen LogP) is 1.43. The van der Waals surface area contributed by atoms with Crippen molar-refractivity contribution in [2.45, 2.75) is 25.1 Å². The second-order valence-electron chi connectivity index (χ2n) is 4.20. The molecule has 16 heavy (non-hydrogen) atoms. The number of hydrogen-bond donors (Lipinski definition) is 2. The zero-order valence-corrected chi connectivity index (χ0v) is 10.5. The third kappa shape index (κ3) is 3.54. The van der Waals surface area contributed by atoms with Crippen molar-refractivity contribution in [2.24, 2.45) is 11.5 Å². The Kier molecular flexibility index (Phi) is 4.38. The van der Waals surface area contributed by atoms with Crippen LogP contribution in [0.15, 0.2) is 24.3 Å². The largest absolute Gasteiger partial charge is 0.368 e. The van der Waals surface area contributed by atoms with Crippen molar-refractivity contribution in [3.8, 4) is 0 Å². The number of benzene rings is 1. The second kappa shape index (κ2) is 5.37. The number of hydrogen-bond acceptors (Lipinski definition) is 3. The Hall–Kier alpha value is -1.00. The molecule has 0 bridgehead atoms. The molecule has 1 amide bonds. The van der Waals surface area contributed by atoms with Gasteiger partial charge in [0, 0.05) is 11.5 Å². The van der Waals surface area contributed by atoms with Crippen molar-refractivity contribution in [3.63, 3.8) is 0 Å². The average molecular weight is 238 g/mol. The van der Waals surface area contributed by atoms with E-state index in [1.54, 1.807) is 18.7 Å². The highest BCUT2D eigenvalue weighted by Gasteiger charge is 2.25. The number of rotatable bonds is 5. The number of nitrogens with two attached hydrogens (primary N) is 2.